The van der Waals surface area contributed by atoms with Crippen LogP contribution in [0.1, 0.15) is 33.3 Å². The summed E-state index contributed by atoms with van der Waals surface area (Å²) >= 11 is 0. The molecule has 1 aromatic rings. The van der Waals surface area contributed by atoms with Crippen molar-refractivity contribution >= 4 is 13.3 Å². The van der Waals surface area contributed by atoms with E-state index in [0.717, 1.165) is 11.0 Å². The molecule has 1 saturated heterocycles. The third-order valence-electron chi connectivity index (χ3n) is 4.07. The average molecular weight is 286 g/mol. The summed E-state index contributed by atoms with van der Waals surface area (Å²) in [6.45, 7) is 8.67. The summed E-state index contributed by atoms with van der Waals surface area (Å²) in [4.78, 5) is 4.42. The van der Waals surface area contributed by atoms with E-state index in [4.69, 9.17) is 15.0 Å². The first-order valence-electron chi connectivity index (χ1n) is 7.17. The molecule has 2 rings (SSSR count). The normalized spacial score (nSPS) is 21.1. The number of nitrogens with two attached hydrogens (primary N) is 1. The molecule has 0 radical (unpaired) electrons. The van der Waals surface area contributed by atoms with Crippen molar-refractivity contribution in [3.8, 4) is 0 Å². The van der Waals surface area contributed by atoms with E-state index in [1.165, 1.54) is 6.20 Å². The second kappa shape index (κ2) is 6.04. The lowest BCUT2D eigenvalue weighted by Gasteiger charge is -2.32. The Morgan fingerprint density at radius 3 is 2.24 bits per heavy atom. The van der Waals surface area contributed by atoms with Gasteiger partial charge in [-0.05, 0) is 39.5 Å². The van der Waals surface area contributed by atoms with Crippen molar-refractivity contribution in [1.29, 1.82) is 0 Å². The molecular weight excluding hydrogens is 263 g/mol. The summed E-state index contributed by atoms with van der Waals surface area (Å²) in [6, 6.07) is 10.1. The van der Waals surface area contributed by atoms with Crippen molar-refractivity contribution in [2.24, 2.45) is 10.7 Å². The number of hydrogen-bond acceptors (Lipinski definition) is 4. The lowest BCUT2D eigenvalue weighted by molar-refractivity contribution is 0.00578. The molecule has 0 amide bonds. The fourth-order valence-electron chi connectivity index (χ4n) is 2.00. The monoisotopic (exact) mass is 286 g/mol. The van der Waals surface area contributed by atoms with Gasteiger partial charge in [-0.3, -0.25) is 4.99 Å². The van der Waals surface area contributed by atoms with Crippen LogP contribution in [0, 0.1) is 0 Å². The molecule has 0 unspecified atom stereocenters. The summed E-state index contributed by atoms with van der Waals surface area (Å²) in [7, 11) is -0.473. The van der Waals surface area contributed by atoms with E-state index in [-0.39, 0.29) is 11.2 Å². The molecule has 1 aromatic carbocycles. The Bertz CT molecular complexity index is 522. The van der Waals surface area contributed by atoms with Crippen molar-refractivity contribution in [2.45, 2.75) is 45.4 Å². The van der Waals surface area contributed by atoms with Gasteiger partial charge in [0.05, 0.1) is 17.7 Å². The molecule has 0 saturated carbocycles. The Hall–Kier alpha value is -1.59. The fourth-order valence-corrected chi connectivity index (χ4v) is 2.00. The highest BCUT2D eigenvalue weighted by molar-refractivity contribution is 6.60. The van der Waals surface area contributed by atoms with Gasteiger partial charge in [0.25, 0.3) is 0 Å². The first-order chi connectivity index (χ1) is 9.86. The van der Waals surface area contributed by atoms with Crippen molar-refractivity contribution in [2.75, 3.05) is 0 Å². The molecule has 2 N–H and O–H groups in total. The number of rotatable bonds is 4. The van der Waals surface area contributed by atoms with Gasteiger partial charge in [-0.15, -0.1) is 0 Å². The Morgan fingerprint density at radius 2 is 1.71 bits per heavy atom. The third-order valence-corrected chi connectivity index (χ3v) is 4.07. The molecule has 1 aliphatic rings. The van der Waals surface area contributed by atoms with Gasteiger partial charge in [0, 0.05) is 11.7 Å². The predicted molar refractivity (Wildman–Crippen MR) is 87.0 cm³/mol. The van der Waals surface area contributed by atoms with Gasteiger partial charge in [0.1, 0.15) is 0 Å². The minimum atomic E-state index is -0.473. The maximum absolute atomic E-state index is 5.96. The predicted octanol–water partition coefficient (Wildman–Crippen LogP) is 2.73. The second-order valence-corrected chi connectivity index (χ2v) is 6.21. The first-order valence-corrected chi connectivity index (χ1v) is 7.17. The Kier molecular flexibility index (Phi) is 4.54. The second-order valence-electron chi connectivity index (χ2n) is 6.21. The maximum Gasteiger partial charge on any atom is 0.497 e. The number of nitrogens with zero attached hydrogens (tertiary/aromatic N) is 1. The van der Waals surface area contributed by atoms with Crippen molar-refractivity contribution in [3.05, 3.63) is 47.6 Å². The van der Waals surface area contributed by atoms with Crippen LogP contribution >= 0.6 is 0 Å². The average Bonchev–Trinajstić information content (AvgIpc) is 2.64. The van der Waals surface area contributed by atoms with E-state index >= 15 is 0 Å². The van der Waals surface area contributed by atoms with Gasteiger partial charge in [0.15, 0.2) is 0 Å². The van der Waals surface area contributed by atoms with Gasteiger partial charge in [-0.25, -0.2) is 0 Å². The molecule has 4 nitrogen and oxygen atoms in total. The molecule has 0 spiro atoms. The quantitative estimate of drug-likeness (QED) is 0.684. The summed E-state index contributed by atoms with van der Waals surface area (Å²) in [5.74, 6) is 0. The van der Waals surface area contributed by atoms with Crippen LogP contribution in [0.15, 0.2) is 47.0 Å². The van der Waals surface area contributed by atoms with Crippen molar-refractivity contribution in [1.82, 2.24) is 0 Å². The number of aliphatic imine (C=N–C) groups is 1. The number of hydrogen-bond donors (Lipinski definition) is 1. The zero-order chi connectivity index (χ0) is 15.5. The van der Waals surface area contributed by atoms with E-state index in [9.17, 15) is 0 Å². The zero-order valence-electron chi connectivity index (χ0n) is 13.2. The highest BCUT2D eigenvalue weighted by Crippen LogP contribution is 2.38. The van der Waals surface area contributed by atoms with Gasteiger partial charge in [0.2, 0.25) is 0 Å². The van der Waals surface area contributed by atoms with Crippen LogP contribution in [-0.2, 0) is 15.9 Å². The van der Waals surface area contributed by atoms with E-state index in [1.54, 1.807) is 6.21 Å². The summed E-state index contributed by atoms with van der Waals surface area (Å²) < 4.78 is 11.9. The Labute approximate surface area is 127 Å². The summed E-state index contributed by atoms with van der Waals surface area (Å²) in [6.07, 6.45) is 3.23. The van der Waals surface area contributed by atoms with Crippen LogP contribution in [0.2, 0.25) is 0 Å². The molecule has 1 aliphatic heterocycles. The molecule has 21 heavy (non-hydrogen) atoms. The van der Waals surface area contributed by atoms with Gasteiger partial charge >= 0.3 is 7.12 Å². The molecule has 0 atom stereocenters. The topological polar surface area (TPSA) is 56.8 Å². The van der Waals surface area contributed by atoms with Crippen molar-refractivity contribution < 1.29 is 9.31 Å². The number of benzene rings is 1. The van der Waals surface area contributed by atoms with E-state index in [1.807, 2.05) is 58.0 Å². The number of allylic oxidation sites excluding steroid dienone is 1. The van der Waals surface area contributed by atoms with Crippen LogP contribution in [0.4, 0.5) is 0 Å². The van der Waals surface area contributed by atoms with Gasteiger partial charge in [-0.2, -0.15) is 0 Å². The molecular formula is C16H23BN2O2. The van der Waals surface area contributed by atoms with Gasteiger partial charge < -0.3 is 15.0 Å². The Balaban J connectivity index is 2.02. The maximum atomic E-state index is 5.96. The minimum absolute atomic E-state index is 0.376. The molecule has 1 fully saturated rings. The lowest BCUT2D eigenvalue weighted by atomic mass is 9.79. The molecule has 5 heteroatoms. The van der Waals surface area contributed by atoms with Crippen LogP contribution in [0.3, 0.4) is 0 Å². The highest BCUT2D eigenvalue weighted by Gasteiger charge is 2.52. The highest BCUT2D eigenvalue weighted by atomic mass is 16.7. The lowest BCUT2D eigenvalue weighted by Crippen LogP contribution is -2.41. The summed E-state index contributed by atoms with van der Waals surface area (Å²) in [5.41, 5.74) is 6.84. The smallest absolute Gasteiger partial charge is 0.405 e. The minimum Gasteiger partial charge on any atom is -0.405 e. The molecule has 1 heterocycles. The molecule has 0 aliphatic carbocycles. The van der Waals surface area contributed by atoms with E-state index in [2.05, 4.69) is 4.99 Å². The van der Waals surface area contributed by atoms with Crippen LogP contribution in [0.5, 0.6) is 0 Å². The van der Waals surface area contributed by atoms with Crippen LogP contribution < -0.4 is 5.73 Å². The molecule has 0 aromatic heterocycles. The first kappa shape index (κ1) is 15.8. The van der Waals surface area contributed by atoms with E-state index in [0.29, 0.717) is 6.54 Å². The van der Waals surface area contributed by atoms with Crippen LogP contribution in [0.25, 0.3) is 0 Å². The molecule has 112 valence electrons. The third kappa shape index (κ3) is 3.54. The van der Waals surface area contributed by atoms with Crippen molar-refractivity contribution in [3.63, 3.8) is 0 Å². The van der Waals surface area contributed by atoms with E-state index < -0.39 is 7.12 Å². The van der Waals surface area contributed by atoms with Crippen LogP contribution in [-0.4, -0.2) is 24.5 Å². The summed E-state index contributed by atoms with van der Waals surface area (Å²) in [5, 5.41) is 0. The SMILES string of the molecule is CC1(C)OB(C(C=NCc2ccccc2)=CN)OC1(C)C. The Morgan fingerprint density at radius 1 is 1.14 bits per heavy atom. The standard InChI is InChI=1S/C16H23BN2O2/c1-15(2)16(3,4)21-17(20-15)14(10-18)12-19-11-13-8-6-5-7-9-13/h5-10,12H,11,18H2,1-4H3. The molecule has 0 bridgehead atoms. The van der Waals surface area contributed by atoms with Gasteiger partial charge in [-0.1, -0.05) is 30.3 Å². The zero-order valence-corrected chi connectivity index (χ0v) is 13.2. The largest absolute Gasteiger partial charge is 0.497 e. The fraction of sp³-hybridized carbons (Fsp3) is 0.438.